The van der Waals surface area contributed by atoms with Gasteiger partial charge in [-0.3, -0.25) is 0 Å². The number of rotatable bonds is 3. The lowest BCUT2D eigenvalue weighted by molar-refractivity contribution is 0.00578. The number of benzene rings is 1. The minimum atomic E-state index is -0.679. The lowest BCUT2D eigenvalue weighted by Crippen LogP contribution is -2.41. The Morgan fingerprint density at radius 3 is 2.29 bits per heavy atom. The molecule has 0 radical (unpaired) electrons. The minimum absolute atomic E-state index is 0.332. The average molecular weight is 327 g/mol. The van der Waals surface area contributed by atoms with E-state index in [1.54, 1.807) is 12.1 Å². The Hall–Kier alpha value is -1.84. The molecule has 1 aromatic carbocycles. The Bertz CT molecular complexity index is 715. The highest BCUT2D eigenvalue weighted by molar-refractivity contribution is 6.63. The van der Waals surface area contributed by atoms with Crippen molar-refractivity contribution in [3.63, 3.8) is 0 Å². The molecule has 1 saturated heterocycles. The van der Waals surface area contributed by atoms with Gasteiger partial charge < -0.3 is 14.0 Å². The predicted molar refractivity (Wildman–Crippen MR) is 90.2 cm³/mol. The standard InChI is InChI=1S/C18H22BNO4/c1-17(2)18(3,4)24-19(23-17)15-9-14(16(21)22-5)13(11-6-7-11)8-12(15)10-20/h8-9,11H,6-7H2,1-5H3. The summed E-state index contributed by atoms with van der Waals surface area (Å²) in [4.78, 5) is 12.2. The molecule has 0 spiro atoms. The molecule has 0 amide bonds. The molecule has 2 aliphatic rings. The van der Waals surface area contributed by atoms with Gasteiger partial charge in [0.1, 0.15) is 0 Å². The molecule has 24 heavy (non-hydrogen) atoms. The predicted octanol–water partition coefficient (Wildman–Crippen LogP) is 2.52. The maximum atomic E-state index is 12.2. The van der Waals surface area contributed by atoms with Crippen molar-refractivity contribution in [3.8, 4) is 6.07 Å². The van der Waals surface area contributed by atoms with E-state index in [1.807, 2.05) is 27.7 Å². The van der Waals surface area contributed by atoms with Crippen LogP contribution >= 0.6 is 0 Å². The third-order valence-corrected chi connectivity index (χ3v) is 5.27. The van der Waals surface area contributed by atoms with E-state index < -0.39 is 18.3 Å². The summed E-state index contributed by atoms with van der Waals surface area (Å²) in [6.07, 6.45) is 2.06. The number of hydrogen-bond acceptors (Lipinski definition) is 5. The van der Waals surface area contributed by atoms with E-state index in [9.17, 15) is 10.1 Å². The maximum absolute atomic E-state index is 12.2. The van der Waals surface area contributed by atoms with Crippen LogP contribution in [0.4, 0.5) is 0 Å². The first kappa shape index (κ1) is 17.0. The third kappa shape index (κ3) is 2.72. The van der Waals surface area contributed by atoms with E-state index in [2.05, 4.69) is 6.07 Å². The van der Waals surface area contributed by atoms with E-state index in [1.165, 1.54) is 7.11 Å². The van der Waals surface area contributed by atoms with Crippen molar-refractivity contribution >= 4 is 18.6 Å². The normalized spacial score (nSPS) is 21.4. The molecule has 6 heteroatoms. The van der Waals surface area contributed by atoms with Crippen LogP contribution in [0, 0.1) is 11.3 Å². The fraction of sp³-hybridized carbons (Fsp3) is 0.556. The second-order valence-electron chi connectivity index (χ2n) is 7.49. The van der Waals surface area contributed by atoms with Crippen LogP contribution in [0.2, 0.25) is 0 Å². The molecule has 0 N–H and O–H groups in total. The molecular weight excluding hydrogens is 305 g/mol. The summed E-state index contributed by atoms with van der Waals surface area (Å²) in [7, 11) is 0.687. The van der Waals surface area contributed by atoms with Gasteiger partial charge in [-0.25, -0.2) is 4.79 Å². The molecule has 0 bridgehead atoms. The van der Waals surface area contributed by atoms with Gasteiger partial charge in [0.2, 0.25) is 0 Å². The molecule has 1 aliphatic carbocycles. The number of ether oxygens (including phenoxy) is 1. The van der Waals surface area contributed by atoms with Gasteiger partial charge in [-0.2, -0.15) is 5.26 Å². The zero-order chi connectivity index (χ0) is 17.7. The summed E-state index contributed by atoms with van der Waals surface area (Å²) < 4.78 is 17.0. The monoisotopic (exact) mass is 327 g/mol. The lowest BCUT2D eigenvalue weighted by atomic mass is 9.74. The summed E-state index contributed by atoms with van der Waals surface area (Å²) in [5.74, 6) is -0.0577. The summed E-state index contributed by atoms with van der Waals surface area (Å²) in [6, 6.07) is 5.73. The van der Waals surface area contributed by atoms with E-state index in [-0.39, 0.29) is 5.97 Å². The zero-order valence-corrected chi connectivity index (χ0v) is 14.8. The SMILES string of the molecule is COC(=O)c1cc(B2OC(C)(C)C(C)(C)O2)c(C#N)cc1C1CC1. The summed E-state index contributed by atoms with van der Waals surface area (Å²) >= 11 is 0. The third-order valence-electron chi connectivity index (χ3n) is 5.27. The summed E-state index contributed by atoms with van der Waals surface area (Å²) in [5, 5.41) is 9.58. The molecule has 5 nitrogen and oxygen atoms in total. The van der Waals surface area contributed by atoms with Crippen molar-refractivity contribution in [1.82, 2.24) is 0 Å². The Labute approximate surface area is 143 Å². The number of methoxy groups -OCH3 is 1. The summed E-state index contributed by atoms with van der Waals surface area (Å²) in [6.45, 7) is 7.83. The van der Waals surface area contributed by atoms with Crippen molar-refractivity contribution in [2.24, 2.45) is 0 Å². The van der Waals surface area contributed by atoms with Gasteiger partial charge in [-0.05, 0) is 64.2 Å². The van der Waals surface area contributed by atoms with E-state index in [0.717, 1.165) is 18.4 Å². The molecule has 2 fully saturated rings. The zero-order valence-electron chi connectivity index (χ0n) is 14.8. The lowest BCUT2D eigenvalue weighted by Gasteiger charge is -2.32. The first-order valence-electron chi connectivity index (χ1n) is 8.22. The molecular formula is C18H22BNO4. The Morgan fingerprint density at radius 1 is 1.25 bits per heavy atom. The van der Waals surface area contributed by atoms with Crippen LogP contribution in [0.1, 0.15) is 67.9 Å². The number of nitriles is 1. The Morgan fingerprint density at radius 2 is 1.83 bits per heavy atom. The second-order valence-corrected chi connectivity index (χ2v) is 7.49. The molecule has 1 aromatic rings. The van der Waals surface area contributed by atoms with Crippen LogP contribution in [0.5, 0.6) is 0 Å². The van der Waals surface area contributed by atoms with Gasteiger partial charge in [0.05, 0.1) is 35.5 Å². The van der Waals surface area contributed by atoms with Crippen LogP contribution in [0.3, 0.4) is 0 Å². The van der Waals surface area contributed by atoms with E-state index >= 15 is 0 Å². The van der Waals surface area contributed by atoms with Gasteiger partial charge in [0.15, 0.2) is 0 Å². The van der Waals surface area contributed by atoms with Gasteiger partial charge in [-0.1, -0.05) is 0 Å². The smallest absolute Gasteiger partial charge is 0.465 e. The topological polar surface area (TPSA) is 68.6 Å². The van der Waals surface area contributed by atoms with Crippen LogP contribution in [0.25, 0.3) is 0 Å². The number of hydrogen-bond donors (Lipinski definition) is 0. The number of carbonyl (C=O) groups is 1. The van der Waals surface area contributed by atoms with E-state index in [4.69, 9.17) is 14.0 Å². The molecule has 0 atom stereocenters. The molecule has 126 valence electrons. The Kier molecular flexibility index (Phi) is 3.97. The molecule has 1 saturated carbocycles. The van der Waals surface area contributed by atoms with Crippen LogP contribution in [-0.2, 0) is 14.0 Å². The fourth-order valence-corrected chi connectivity index (χ4v) is 2.91. The van der Waals surface area contributed by atoms with Crippen molar-refractivity contribution in [2.45, 2.75) is 57.7 Å². The number of nitrogens with zero attached hydrogens (tertiary/aromatic N) is 1. The molecule has 0 unspecified atom stereocenters. The first-order valence-corrected chi connectivity index (χ1v) is 8.22. The maximum Gasteiger partial charge on any atom is 0.496 e. The Balaban J connectivity index is 2.08. The largest absolute Gasteiger partial charge is 0.496 e. The number of carbonyl (C=O) groups excluding carboxylic acids is 1. The van der Waals surface area contributed by atoms with Gasteiger partial charge >= 0.3 is 13.1 Å². The highest BCUT2D eigenvalue weighted by Crippen LogP contribution is 2.42. The number of esters is 1. The van der Waals surface area contributed by atoms with Crippen LogP contribution < -0.4 is 5.46 Å². The average Bonchev–Trinajstić information content (AvgIpc) is 3.33. The van der Waals surface area contributed by atoms with Gasteiger partial charge in [0, 0.05) is 5.46 Å². The van der Waals surface area contributed by atoms with Gasteiger partial charge in [-0.15, -0.1) is 0 Å². The molecule has 0 aromatic heterocycles. The van der Waals surface area contributed by atoms with Crippen molar-refractivity contribution < 1.29 is 18.8 Å². The minimum Gasteiger partial charge on any atom is -0.465 e. The molecule has 1 heterocycles. The van der Waals surface area contributed by atoms with Crippen molar-refractivity contribution in [1.29, 1.82) is 5.26 Å². The quantitative estimate of drug-likeness (QED) is 0.630. The van der Waals surface area contributed by atoms with E-state index in [0.29, 0.717) is 22.5 Å². The highest BCUT2D eigenvalue weighted by Gasteiger charge is 2.52. The van der Waals surface area contributed by atoms with Crippen LogP contribution in [0.15, 0.2) is 12.1 Å². The first-order chi connectivity index (χ1) is 11.2. The van der Waals surface area contributed by atoms with Gasteiger partial charge in [0.25, 0.3) is 0 Å². The second kappa shape index (κ2) is 5.61. The van der Waals surface area contributed by atoms with Crippen LogP contribution in [-0.4, -0.2) is 31.4 Å². The highest BCUT2D eigenvalue weighted by atomic mass is 16.7. The molecule has 3 rings (SSSR count). The summed E-state index contributed by atoms with van der Waals surface area (Å²) in [5.41, 5.74) is 1.45. The fourth-order valence-electron chi connectivity index (χ4n) is 2.91. The van der Waals surface area contributed by atoms with Crippen molar-refractivity contribution in [2.75, 3.05) is 7.11 Å². The molecule has 1 aliphatic heterocycles. The van der Waals surface area contributed by atoms with Crippen molar-refractivity contribution in [3.05, 3.63) is 28.8 Å².